The Morgan fingerprint density at radius 3 is 2.13 bits per heavy atom. The van der Waals surface area contributed by atoms with Gasteiger partial charge in [0.05, 0.1) is 19.7 Å². The van der Waals surface area contributed by atoms with Gasteiger partial charge >= 0.3 is 6.09 Å². The molecule has 0 unspecified atom stereocenters. The first kappa shape index (κ1) is 25.6. The molecule has 0 atom stereocenters. The number of hydrogen-bond acceptors (Lipinski definition) is 6. The van der Waals surface area contributed by atoms with Crippen LogP contribution in [0, 0.1) is 13.8 Å². The summed E-state index contributed by atoms with van der Waals surface area (Å²) >= 11 is 0. The van der Waals surface area contributed by atoms with Crippen LogP contribution in [0.2, 0.25) is 0 Å². The molecule has 0 spiro atoms. The predicted molar refractivity (Wildman–Crippen MR) is 152 cm³/mol. The summed E-state index contributed by atoms with van der Waals surface area (Å²) in [6.07, 6.45) is 1.11. The molecule has 5 aromatic rings. The molecule has 0 aliphatic rings. The SMILES string of the molecule is COc1cc2nccc(Oc3cc(C)c(NC(=O)Oc4ccc(-c5ccccc5)cc4)cc3C)c2cc1OC. The number of carbonyl (C=O) groups is 1. The lowest BCUT2D eigenvalue weighted by Gasteiger charge is -2.16. The second kappa shape index (κ2) is 11.1. The molecule has 0 bridgehead atoms. The van der Waals surface area contributed by atoms with Gasteiger partial charge in [0, 0.05) is 23.3 Å². The number of ether oxygens (including phenoxy) is 4. The van der Waals surface area contributed by atoms with Crippen molar-refractivity contribution in [3.05, 3.63) is 102 Å². The van der Waals surface area contributed by atoms with Gasteiger partial charge in [0.2, 0.25) is 0 Å². The topological polar surface area (TPSA) is 78.9 Å². The molecule has 39 heavy (non-hydrogen) atoms. The molecule has 7 nitrogen and oxygen atoms in total. The first-order valence-electron chi connectivity index (χ1n) is 12.4. The molecule has 1 heterocycles. The number of nitrogens with one attached hydrogen (secondary N) is 1. The number of benzene rings is 4. The summed E-state index contributed by atoms with van der Waals surface area (Å²) in [4.78, 5) is 17.1. The molecule has 4 aromatic carbocycles. The number of methoxy groups -OCH3 is 2. The van der Waals surface area contributed by atoms with Crippen molar-refractivity contribution in [1.29, 1.82) is 0 Å². The van der Waals surface area contributed by atoms with Gasteiger partial charge in [-0.05, 0) is 72.5 Å². The molecule has 0 saturated heterocycles. The summed E-state index contributed by atoms with van der Waals surface area (Å²) in [5.74, 6) is 2.92. The fraction of sp³-hybridized carbons (Fsp3) is 0.125. The monoisotopic (exact) mass is 520 g/mol. The van der Waals surface area contributed by atoms with Crippen molar-refractivity contribution < 1.29 is 23.7 Å². The third kappa shape index (κ3) is 5.62. The Labute approximate surface area is 226 Å². The maximum Gasteiger partial charge on any atom is 0.417 e. The van der Waals surface area contributed by atoms with Gasteiger partial charge in [-0.1, -0.05) is 42.5 Å². The molecule has 5 rings (SSSR count). The average molecular weight is 521 g/mol. The van der Waals surface area contributed by atoms with Gasteiger partial charge < -0.3 is 18.9 Å². The third-order valence-corrected chi connectivity index (χ3v) is 6.36. The highest BCUT2D eigenvalue weighted by atomic mass is 16.6. The molecule has 1 N–H and O–H groups in total. The fourth-order valence-corrected chi connectivity index (χ4v) is 4.28. The normalized spacial score (nSPS) is 10.7. The smallest absolute Gasteiger partial charge is 0.417 e. The fourth-order valence-electron chi connectivity index (χ4n) is 4.28. The van der Waals surface area contributed by atoms with Crippen molar-refractivity contribution in [1.82, 2.24) is 4.98 Å². The summed E-state index contributed by atoms with van der Waals surface area (Å²) < 4.78 is 22.7. The Morgan fingerprint density at radius 2 is 1.41 bits per heavy atom. The molecule has 1 aromatic heterocycles. The first-order chi connectivity index (χ1) is 18.9. The van der Waals surface area contributed by atoms with Crippen molar-refractivity contribution in [3.8, 4) is 39.9 Å². The molecule has 0 aliphatic heterocycles. The number of amides is 1. The van der Waals surface area contributed by atoms with E-state index in [1.54, 1.807) is 38.6 Å². The maximum absolute atomic E-state index is 12.6. The van der Waals surface area contributed by atoms with E-state index in [9.17, 15) is 4.79 Å². The van der Waals surface area contributed by atoms with E-state index < -0.39 is 6.09 Å². The Balaban J connectivity index is 1.31. The van der Waals surface area contributed by atoms with Crippen LogP contribution in [0.3, 0.4) is 0 Å². The minimum Gasteiger partial charge on any atom is -0.493 e. The van der Waals surface area contributed by atoms with Gasteiger partial charge in [-0.25, -0.2) is 4.79 Å². The summed E-state index contributed by atoms with van der Waals surface area (Å²) in [5, 5.41) is 3.63. The quantitative estimate of drug-likeness (QED) is 0.235. The Kier molecular flexibility index (Phi) is 7.32. The number of fused-ring (bicyclic) bond motifs is 1. The Bertz CT molecular complexity index is 1630. The number of hydrogen-bond donors (Lipinski definition) is 1. The van der Waals surface area contributed by atoms with Crippen molar-refractivity contribution >= 4 is 22.7 Å². The van der Waals surface area contributed by atoms with Crippen LogP contribution >= 0.6 is 0 Å². The second-order valence-corrected chi connectivity index (χ2v) is 8.97. The largest absolute Gasteiger partial charge is 0.493 e. The lowest BCUT2D eigenvalue weighted by Crippen LogP contribution is -2.17. The van der Waals surface area contributed by atoms with Gasteiger partial charge in [-0.2, -0.15) is 0 Å². The van der Waals surface area contributed by atoms with E-state index in [2.05, 4.69) is 10.3 Å². The Morgan fingerprint density at radius 1 is 0.718 bits per heavy atom. The number of anilines is 1. The molecule has 0 fully saturated rings. The zero-order chi connectivity index (χ0) is 27.4. The second-order valence-electron chi connectivity index (χ2n) is 8.97. The molecule has 0 radical (unpaired) electrons. The molecule has 0 aliphatic carbocycles. The van der Waals surface area contributed by atoms with Gasteiger partial charge in [0.25, 0.3) is 0 Å². The zero-order valence-electron chi connectivity index (χ0n) is 22.1. The van der Waals surface area contributed by atoms with Crippen LogP contribution in [-0.2, 0) is 0 Å². The van der Waals surface area contributed by atoms with Crippen LogP contribution in [-0.4, -0.2) is 25.3 Å². The van der Waals surface area contributed by atoms with Crippen molar-refractivity contribution in [2.45, 2.75) is 13.8 Å². The van der Waals surface area contributed by atoms with E-state index in [0.29, 0.717) is 34.4 Å². The highest BCUT2D eigenvalue weighted by Crippen LogP contribution is 2.38. The minimum atomic E-state index is -0.570. The summed E-state index contributed by atoms with van der Waals surface area (Å²) in [6.45, 7) is 3.82. The van der Waals surface area contributed by atoms with Crippen LogP contribution < -0.4 is 24.3 Å². The van der Waals surface area contributed by atoms with Crippen LogP contribution in [0.4, 0.5) is 10.5 Å². The lowest BCUT2D eigenvalue weighted by atomic mass is 10.1. The number of rotatable bonds is 7. The highest BCUT2D eigenvalue weighted by Gasteiger charge is 2.14. The predicted octanol–water partition coefficient (Wildman–Crippen LogP) is 7.94. The van der Waals surface area contributed by atoms with Gasteiger partial charge in [0.15, 0.2) is 11.5 Å². The number of aryl methyl sites for hydroxylation is 2. The summed E-state index contributed by atoms with van der Waals surface area (Å²) in [7, 11) is 3.17. The molecule has 1 amide bonds. The summed E-state index contributed by atoms with van der Waals surface area (Å²) in [6, 6.07) is 26.6. The van der Waals surface area contributed by atoms with Gasteiger partial charge in [-0.3, -0.25) is 10.3 Å². The number of nitrogens with zero attached hydrogens (tertiary/aromatic N) is 1. The minimum absolute atomic E-state index is 0.457. The van der Waals surface area contributed by atoms with Crippen LogP contribution in [0.1, 0.15) is 11.1 Å². The zero-order valence-corrected chi connectivity index (χ0v) is 22.1. The standard InChI is InChI=1S/C32H28N2O5/c1-20-17-29(39-28-14-15-33-27-19-31(37-4)30(36-3)18-25(27)28)21(2)16-26(20)34-32(35)38-24-12-10-23(11-13-24)22-8-6-5-7-9-22/h5-19H,1-4H3,(H,34,35). The Hall–Kier alpha value is -5.04. The van der Waals surface area contributed by atoms with Crippen LogP contribution in [0.25, 0.3) is 22.0 Å². The van der Waals surface area contributed by atoms with E-state index in [1.165, 1.54) is 0 Å². The molecule has 0 saturated carbocycles. The number of pyridine rings is 1. The number of carbonyl (C=O) groups excluding carboxylic acids is 1. The third-order valence-electron chi connectivity index (χ3n) is 6.36. The maximum atomic E-state index is 12.6. The average Bonchev–Trinajstić information content (AvgIpc) is 2.96. The lowest BCUT2D eigenvalue weighted by molar-refractivity contribution is 0.215. The molecule has 196 valence electrons. The van der Waals surface area contributed by atoms with E-state index in [0.717, 1.165) is 33.2 Å². The van der Waals surface area contributed by atoms with Gasteiger partial charge in [-0.15, -0.1) is 0 Å². The van der Waals surface area contributed by atoms with E-state index >= 15 is 0 Å². The van der Waals surface area contributed by atoms with E-state index in [1.807, 2.05) is 80.6 Å². The molecular formula is C32H28N2O5. The molecule has 7 heteroatoms. The van der Waals surface area contributed by atoms with Crippen LogP contribution in [0.15, 0.2) is 91.1 Å². The number of aromatic nitrogens is 1. The van der Waals surface area contributed by atoms with E-state index in [-0.39, 0.29) is 0 Å². The summed E-state index contributed by atoms with van der Waals surface area (Å²) in [5.41, 5.74) is 5.16. The first-order valence-corrected chi connectivity index (χ1v) is 12.4. The van der Waals surface area contributed by atoms with Crippen molar-refractivity contribution in [3.63, 3.8) is 0 Å². The highest BCUT2D eigenvalue weighted by molar-refractivity contribution is 5.89. The molecular weight excluding hydrogens is 492 g/mol. The van der Waals surface area contributed by atoms with Gasteiger partial charge in [0.1, 0.15) is 17.2 Å². The van der Waals surface area contributed by atoms with Crippen molar-refractivity contribution in [2.75, 3.05) is 19.5 Å². The van der Waals surface area contributed by atoms with Crippen molar-refractivity contribution in [2.24, 2.45) is 0 Å². The van der Waals surface area contributed by atoms with Crippen LogP contribution in [0.5, 0.6) is 28.7 Å². The van der Waals surface area contributed by atoms with E-state index in [4.69, 9.17) is 18.9 Å².